The highest BCUT2D eigenvalue weighted by Crippen LogP contribution is 2.31. The van der Waals surface area contributed by atoms with E-state index in [9.17, 15) is 24.3 Å². The summed E-state index contributed by atoms with van der Waals surface area (Å²) in [6, 6.07) is 0. The van der Waals surface area contributed by atoms with E-state index in [2.05, 4.69) is 10.3 Å². The number of ether oxygens (including phenoxy) is 4. The maximum Gasteiger partial charge on any atom is 0.405 e. The van der Waals surface area contributed by atoms with Gasteiger partial charge in [0.15, 0.2) is 11.9 Å². The van der Waals surface area contributed by atoms with Gasteiger partial charge in [0.2, 0.25) is 11.6 Å². The van der Waals surface area contributed by atoms with Gasteiger partial charge in [-0.1, -0.05) is 38.2 Å². The first kappa shape index (κ1) is 38.3. The van der Waals surface area contributed by atoms with Crippen molar-refractivity contribution in [1.29, 1.82) is 0 Å². The Bertz CT molecular complexity index is 1360. The summed E-state index contributed by atoms with van der Waals surface area (Å²) in [5.41, 5.74) is 5.38. The molecule has 0 saturated carbocycles. The van der Waals surface area contributed by atoms with E-state index in [-0.39, 0.29) is 40.5 Å². The Hall–Kier alpha value is -3.87. The third-order valence-corrected chi connectivity index (χ3v) is 7.72. The van der Waals surface area contributed by atoms with Crippen LogP contribution in [0.4, 0.5) is 4.79 Å². The number of methoxy groups -OCH3 is 3. The number of amides is 2. The Kier molecular flexibility index (Phi) is 13.8. The lowest BCUT2D eigenvalue weighted by Crippen LogP contribution is -2.38. The number of allylic oxidation sites excluding steroid dienone is 4. The molecule has 46 heavy (non-hydrogen) atoms. The van der Waals surface area contributed by atoms with Crippen LogP contribution in [-0.2, 0) is 33.3 Å². The largest absolute Gasteiger partial charge is 0.492 e. The third-order valence-electron chi connectivity index (χ3n) is 7.72. The molecule has 0 saturated heterocycles. The second kappa shape index (κ2) is 16.6. The molecule has 0 aromatic carbocycles. The van der Waals surface area contributed by atoms with E-state index in [0.717, 1.165) is 0 Å². The lowest BCUT2D eigenvalue weighted by molar-refractivity contribution is -0.121. The molecule has 2 aliphatic rings. The molecular formula is C34H49N3O9. The number of Topliss-reactive ketones (excluding diaryl/α,β-unsaturated/α-hetero) is 2. The predicted octanol–water partition coefficient (Wildman–Crippen LogP) is 3.65. The molecule has 0 aromatic rings. The van der Waals surface area contributed by atoms with Crippen molar-refractivity contribution in [3.8, 4) is 0 Å². The smallest absolute Gasteiger partial charge is 0.405 e. The van der Waals surface area contributed by atoms with Crippen LogP contribution in [0.2, 0.25) is 0 Å². The van der Waals surface area contributed by atoms with Gasteiger partial charge in [0.1, 0.15) is 11.8 Å². The molecule has 1 aliphatic heterocycles. The number of nitrogens with two attached hydrogens (primary N) is 1. The standard InChI is InChI=1S/C34H49N3O9/c1-18-14-22-28(39)26(23(17-36-34(5,6)7)29(40)31(22)45-10)37-32(41)19(2)12-11-13-24(43-8)30(46-33(35)42)21(4)16-20(3)27(38)25(15-18)44-9/h11-13,16-18,20,24-25,27,30,38H,14-15H2,1-10H3,(H2,35,42)(H,37,41)/b13-11-,19-12+,21-16+,36-17?. The van der Waals surface area contributed by atoms with E-state index in [0.29, 0.717) is 12.0 Å². The topological polar surface area (TPSA) is 176 Å². The lowest BCUT2D eigenvalue weighted by atomic mass is 9.84. The van der Waals surface area contributed by atoms with E-state index in [1.54, 1.807) is 39.0 Å². The highest BCUT2D eigenvalue weighted by molar-refractivity contribution is 6.32. The molecule has 2 rings (SSSR count). The van der Waals surface area contributed by atoms with Crippen molar-refractivity contribution in [2.45, 2.75) is 91.3 Å². The van der Waals surface area contributed by atoms with Gasteiger partial charge in [0.25, 0.3) is 5.91 Å². The van der Waals surface area contributed by atoms with E-state index in [4.69, 9.17) is 24.7 Å². The zero-order valence-electron chi connectivity index (χ0n) is 28.5. The summed E-state index contributed by atoms with van der Waals surface area (Å²) < 4.78 is 22.1. The van der Waals surface area contributed by atoms with Crippen LogP contribution in [-0.4, -0.2) is 86.2 Å². The zero-order chi connectivity index (χ0) is 34.9. The van der Waals surface area contributed by atoms with Crippen molar-refractivity contribution in [2.75, 3.05) is 21.3 Å². The number of fused-ring (bicyclic) bond motifs is 2. The Morgan fingerprint density at radius 3 is 2.28 bits per heavy atom. The maximum absolute atomic E-state index is 14.0. The van der Waals surface area contributed by atoms with Gasteiger partial charge in [-0.2, -0.15) is 0 Å². The number of primary amides is 1. The molecule has 6 unspecified atom stereocenters. The molecule has 6 atom stereocenters. The molecule has 2 bridgehead atoms. The molecular weight excluding hydrogens is 594 g/mol. The number of rotatable bonds is 5. The summed E-state index contributed by atoms with van der Waals surface area (Å²) in [6.45, 7) is 12.4. The van der Waals surface area contributed by atoms with Gasteiger partial charge in [0.05, 0.1) is 30.4 Å². The van der Waals surface area contributed by atoms with Gasteiger partial charge in [-0.15, -0.1) is 0 Å². The highest BCUT2D eigenvalue weighted by Gasteiger charge is 2.37. The zero-order valence-corrected chi connectivity index (χ0v) is 28.5. The molecule has 0 spiro atoms. The Morgan fingerprint density at radius 2 is 1.74 bits per heavy atom. The van der Waals surface area contributed by atoms with Crippen LogP contribution >= 0.6 is 0 Å². The first-order valence-electron chi connectivity index (χ1n) is 15.2. The van der Waals surface area contributed by atoms with Gasteiger partial charge in [-0.3, -0.25) is 19.4 Å². The number of hydrogen-bond donors (Lipinski definition) is 3. The Balaban J connectivity index is 2.77. The minimum atomic E-state index is -1.01. The number of aliphatic imine (C=N–C) groups is 1. The lowest BCUT2D eigenvalue weighted by Gasteiger charge is -2.30. The SMILES string of the molecule is COC1=C2CC(C)CC(OC)C(O)C(C)/C=C(\C)C(OC(N)=O)C(OC)/C=C\C=C(/C)C(=O)NC(=C(C=NC(C)(C)C)C1=O)C2=O. The third kappa shape index (κ3) is 10.1. The summed E-state index contributed by atoms with van der Waals surface area (Å²) >= 11 is 0. The Labute approximate surface area is 271 Å². The van der Waals surface area contributed by atoms with E-state index in [1.165, 1.54) is 33.6 Å². The maximum atomic E-state index is 14.0. The predicted molar refractivity (Wildman–Crippen MR) is 174 cm³/mol. The molecule has 254 valence electrons. The van der Waals surface area contributed by atoms with Gasteiger partial charge < -0.3 is 35.1 Å². The van der Waals surface area contributed by atoms with Gasteiger partial charge >= 0.3 is 6.09 Å². The van der Waals surface area contributed by atoms with Crippen LogP contribution in [0.5, 0.6) is 0 Å². The summed E-state index contributed by atoms with van der Waals surface area (Å²) in [4.78, 5) is 57.3. The molecule has 1 heterocycles. The number of ketones is 2. The monoisotopic (exact) mass is 643 g/mol. The van der Waals surface area contributed by atoms with E-state index < -0.39 is 59.4 Å². The fourth-order valence-corrected chi connectivity index (χ4v) is 5.25. The van der Waals surface area contributed by atoms with E-state index >= 15 is 0 Å². The fraction of sp³-hybridized carbons (Fsp3) is 0.559. The minimum Gasteiger partial charge on any atom is -0.492 e. The quantitative estimate of drug-likeness (QED) is 0.229. The van der Waals surface area contributed by atoms with Crippen molar-refractivity contribution >= 4 is 29.8 Å². The minimum absolute atomic E-state index is 0.0952. The summed E-state index contributed by atoms with van der Waals surface area (Å²) in [6.07, 6.45) is 3.67. The number of nitrogens with zero attached hydrogens (tertiary/aromatic N) is 1. The van der Waals surface area contributed by atoms with Crippen molar-refractivity contribution in [2.24, 2.45) is 22.6 Å². The van der Waals surface area contributed by atoms with Gasteiger partial charge in [-0.25, -0.2) is 4.79 Å². The Morgan fingerprint density at radius 1 is 1.09 bits per heavy atom. The average molecular weight is 644 g/mol. The van der Waals surface area contributed by atoms with Crippen LogP contribution in [0.1, 0.15) is 61.3 Å². The highest BCUT2D eigenvalue weighted by atomic mass is 16.6. The van der Waals surface area contributed by atoms with Crippen molar-refractivity contribution in [3.63, 3.8) is 0 Å². The summed E-state index contributed by atoms with van der Waals surface area (Å²) in [5, 5.41) is 13.9. The summed E-state index contributed by atoms with van der Waals surface area (Å²) in [7, 11) is 4.22. The second-order valence-electron chi connectivity index (χ2n) is 12.7. The number of nitrogens with one attached hydrogen (secondary N) is 1. The molecule has 12 nitrogen and oxygen atoms in total. The fourth-order valence-electron chi connectivity index (χ4n) is 5.25. The molecule has 0 aromatic heterocycles. The number of hydrogen-bond acceptors (Lipinski definition) is 10. The number of carbonyl (C=O) groups excluding carboxylic acids is 4. The first-order chi connectivity index (χ1) is 21.4. The summed E-state index contributed by atoms with van der Waals surface area (Å²) in [5.74, 6) is -2.64. The van der Waals surface area contributed by atoms with Crippen LogP contribution < -0.4 is 11.1 Å². The van der Waals surface area contributed by atoms with Crippen LogP contribution in [0.25, 0.3) is 0 Å². The normalized spacial score (nSPS) is 30.8. The molecule has 0 radical (unpaired) electrons. The van der Waals surface area contributed by atoms with Crippen LogP contribution in [0, 0.1) is 11.8 Å². The van der Waals surface area contributed by atoms with Crippen molar-refractivity contribution in [3.05, 3.63) is 58.1 Å². The van der Waals surface area contributed by atoms with E-state index in [1.807, 2.05) is 27.7 Å². The van der Waals surface area contributed by atoms with Crippen molar-refractivity contribution in [1.82, 2.24) is 5.32 Å². The number of carbonyl (C=O) groups is 4. The molecule has 0 fully saturated rings. The van der Waals surface area contributed by atoms with Gasteiger partial charge in [-0.05, 0) is 59.0 Å². The average Bonchev–Trinajstić information content (AvgIpc) is 2.97. The molecule has 2 amide bonds. The number of aliphatic hydroxyl groups is 1. The molecule has 12 heteroatoms. The van der Waals surface area contributed by atoms with Crippen molar-refractivity contribution < 1.29 is 43.2 Å². The van der Waals surface area contributed by atoms with Crippen LogP contribution in [0.3, 0.4) is 0 Å². The van der Waals surface area contributed by atoms with Gasteiger partial charge in [0, 0.05) is 37.5 Å². The molecule has 4 N–H and O–H groups in total. The second-order valence-corrected chi connectivity index (χ2v) is 12.7. The molecule has 1 aliphatic carbocycles. The first-order valence-corrected chi connectivity index (χ1v) is 15.2. The van der Waals surface area contributed by atoms with Crippen LogP contribution in [0.15, 0.2) is 63.0 Å². The number of aliphatic hydroxyl groups excluding tert-OH is 1.